The van der Waals surface area contributed by atoms with E-state index in [0.29, 0.717) is 17.3 Å². The van der Waals surface area contributed by atoms with Crippen LogP contribution in [0.25, 0.3) is 0 Å². The van der Waals surface area contributed by atoms with Crippen LogP contribution in [0.3, 0.4) is 0 Å². The molecule has 96 valence electrons. The molecule has 0 spiro atoms. The Morgan fingerprint density at radius 1 is 0.895 bits per heavy atom. The van der Waals surface area contributed by atoms with Gasteiger partial charge in [0.25, 0.3) is 0 Å². The third-order valence-electron chi connectivity index (χ3n) is 5.54. The lowest BCUT2D eigenvalue weighted by Crippen LogP contribution is -2.39. The fourth-order valence-electron chi connectivity index (χ4n) is 4.42. The molecule has 1 atom stereocenters. The molecular formula is C19H20. The summed E-state index contributed by atoms with van der Waals surface area (Å²) in [7, 11) is 0. The van der Waals surface area contributed by atoms with E-state index in [4.69, 9.17) is 0 Å². The van der Waals surface area contributed by atoms with Gasteiger partial charge in [-0.15, -0.1) is 0 Å². The van der Waals surface area contributed by atoms with E-state index in [2.05, 4.69) is 62.4 Å². The van der Waals surface area contributed by atoms with Gasteiger partial charge < -0.3 is 0 Å². The number of benzene rings is 2. The van der Waals surface area contributed by atoms with Crippen molar-refractivity contribution in [3.8, 4) is 0 Å². The zero-order valence-corrected chi connectivity index (χ0v) is 11.7. The van der Waals surface area contributed by atoms with Gasteiger partial charge in [0.1, 0.15) is 0 Å². The van der Waals surface area contributed by atoms with Crippen molar-refractivity contribution in [2.24, 2.45) is 5.41 Å². The second kappa shape index (κ2) is 3.72. The molecule has 0 heteroatoms. The van der Waals surface area contributed by atoms with Crippen molar-refractivity contribution in [3.05, 3.63) is 70.8 Å². The highest BCUT2D eigenvalue weighted by atomic mass is 14.5. The number of hydrogen-bond acceptors (Lipinski definition) is 0. The Bertz CT molecular complexity index is 592. The zero-order chi connectivity index (χ0) is 13.0. The Balaban J connectivity index is 2.04. The van der Waals surface area contributed by atoms with Gasteiger partial charge in [0, 0.05) is 11.8 Å². The van der Waals surface area contributed by atoms with Gasteiger partial charge in [-0.2, -0.15) is 0 Å². The van der Waals surface area contributed by atoms with E-state index in [0.717, 1.165) is 0 Å². The third-order valence-corrected chi connectivity index (χ3v) is 5.54. The van der Waals surface area contributed by atoms with Gasteiger partial charge >= 0.3 is 0 Å². The zero-order valence-electron chi connectivity index (χ0n) is 11.7. The molecule has 19 heavy (non-hydrogen) atoms. The van der Waals surface area contributed by atoms with Crippen LogP contribution in [0, 0.1) is 5.41 Å². The van der Waals surface area contributed by atoms with Crippen molar-refractivity contribution in [1.29, 1.82) is 0 Å². The lowest BCUT2D eigenvalue weighted by Gasteiger charge is -2.52. The summed E-state index contributed by atoms with van der Waals surface area (Å²) < 4.78 is 0. The van der Waals surface area contributed by atoms with Crippen LogP contribution in [-0.4, -0.2) is 0 Å². The smallest absolute Gasteiger partial charge is 0.0149 e. The van der Waals surface area contributed by atoms with Crippen LogP contribution < -0.4 is 0 Å². The molecular weight excluding hydrogens is 228 g/mol. The van der Waals surface area contributed by atoms with Crippen LogP contribution in [0.5, 0.6) is 0 Å². The molecule has 5 rings (SSSR count). The third kappa shape index (κ3) is 1.35. The SMILES string of the molecule is CCC1(C)CC2c3ccccc3C1c1ccccc12. The van der Waals surface area contributed by atoms with Gasteiger partial charge in [0.15, 0.2) is 0 Å². The summed E-state index contributed by atoms with van der Waals surface area (Å²) in [5.41, 5.74) is 6.76. The van der Waals surface area contributed by atoms with Gasteiger partial charge in [-0.05, 0) is 40.5 Å². The van der Waals surface area contributed by atoms with Crippen LogP contribution in [-0.2, 0) is 0 Å². The Labute approximate surface area is 115 Å². The quantitative estimate of drug-likeness (QED) is 0.660. The molecule has 2 bridgehead atoms. The predicted octanol–water partition coefficient (Wildman–Crippen LogP) is 5.08. The first-order valence-corrected chi connectivity index (χ1v) is 7.42. The topological polar surface area (TPSA) is 0 Å². The molecule has 0 N–H and O–H groups in total. The highest BCUT2D eigenvalue weighted by molar-refractivity contribution is 5.56. The van der Waals surface area contributed by atoms with Gasteiger partial charge in [0.05, 0.1) is 0 Å². The van der Waals surface area contributed by atoms with Gasteiger partial charge in [-0.25, -0.2) is 0 Å². The predicted molar refractivity (Wildman–Crippen MR) is 79.6 cm³/mol. The van der Waals surface area contributed by atoms with Gasteiger partial charge in [-0.1, -0.05) is 62.4 Å². The molecule has 0 fully saturated rings. The summed E-state index contributed by atoms with van der Waals surface area (Å²) >= 11 is 0. The van der Waals surface area contributed by atoms with E-state index in [-0.39, 0.29) is 0 Å². The van der Waals surface area contributed by atoms with E-state index in [1.807, 2.05) is 0 Å². The maximum absolute atomic E-state index is 2.48. The maximum atomic E-state index is 2.48. The molecule has 1 unspecified atom stereocenters. The molecule has 0 aliphatic heterocycles. The Morgan fingerprint density at radius 3 is 1.84 bits per heavy atom. The Morgan fingerprint density at radius 2 is 1.37 bits per heavy atom. The number of fused-ring (bicyclic) bond motifs is 1. The molecule has 2 aromatic carbocycles. The molecule has 0 amide bonds. The molecule has 0 nitrogen and oxygen atoms in total. The first kappa shape index (κ1) is 11.3. The summed E-state index contributed by atoms with van der Waals surface area (Å²) in [5.74, 6) is 1.21. The van der Waals surface area contributed by atoms with E-state index in [1.165, 1.54) is 12.8 Å². The molecule has 0 aromatic heterocycles. The molecule has 0 heterocycles. The summed E-state index contributed by atoms with van der Waals surface area (Å²) in [6.45, 7) is 4.84. The van der Waals surface area contributed by atoms with Crippen molar-refractivity contribution >= 4 is 0 Å². The van der Waals surface area contributed by atoms with E-state index in [1.54, 1.807) is 22.3 Å². The van der Waals surface area contributed by atoms with Gasteiger partial charge in [0.2, 0.25) is 0 Å². The van der Waals surface area contributed by atoms with Crippen molar-refractivity contribution in [2.45, 2.75) is 38.5 Å². The molecule has 0 radical (unpaired) electrons. The minimum Gasteiger partial charge on any atom is -0.0648 e. The largest absolute Gasteiger partial charge is 0.0648 e. The molecule has 3 aliphatic rings. The highest BCUT2D eigenvalue weighted by Crippen LogP contribution is 2.61. The maximum Gasteiger partial charge on any atom is 0.0149 e. The average Bonchev–Trinajstić information content (AvgIpc) is 2.47. The standard InChI is InChI=1S/C19H20/c1-3-19(2)12-17-13-8-4-6-10-15(13)18(19)16-11-7-5-9-14(16)17/h4-11,17-18H,3,12H2,1-2H3. The van der Waals surface area contributed by atoms with Crippen LogP contribution >= 0.6 is 0 Å². The van der Waals surface area contributed by atoms with Crippen LogP contribution in [0.1, 0.15) is 60.8 Å². The molecule has 3 aliphatic carbocycles. The van der Waals surface area contributed by atoms with Gasteiger partial charge in [-0.3, -0.25) is 0 Å². The van der Waals surface area contributed by atoms with Crippen molar-refractivity contribution < 1.29 is 0 Å². The molecule has 0 saturated heterocycles. The van der Waals surface area contributed by atoms with Crippen molar-refractivity contribution in [1.82, 2.24) is 0 Å². The highest BCUT2D eigenvalue weighted by Gasteiger charge is 2.48. The monoisotopic (exact) mass is 248 g/mol. The Hall–Kier alpha value is -1.56. The normalized spacial score (nSPS) is 30.8. The summed E-state index contributed by atoms with van der Waals surface area (Å²) in [5, 5.41) is 0. The Kier molecular flexibility index (Phi) is 2.21. The van der Waals surface area contributed by atoms with Crippen LogP contribution in [0.2, 0.25) is 0 Å². The minimum absolute atomic E-state index is 0.424. The number of rotatable bonds is 1. The number of hydrogen-bond donors (Lipinski definition) is 0. The van der Waals surface area contributed by atoms with Crippen LogP contribution in [0.4, 0.5) is 0 Å². The van der Waals surface area contributed by atoms with E-state index >= 15 is 0 Å². The van der Waals surface area contributed by atoms with Crippen molar-refractivity contribution in [2.75, 3.05) is 0 Å². The second-order valence-corrected chi connectivity index (χ2v) is 6.46. The van der Waals surface area contributed by atoms with Crippen molar-refractivity contribution in [3.63, 3.8) is 0 Å². The fourth-order valence-corrected chi connectivity index (χ4v) is 4.42. The first-order chi connectivity index (χ1) is 9.24. The summed E-state index contributed by atoms with van der Waals surface area (Å²) in [4.78, 5) is 0. The lowest BCUT2D eigenvalue weighted by molar-refractivity contribution is 0.199. The second-order valence-electron chi connectivity index (χ2n) is 6.46. The summed E-state index contributed by atoms with van der Waals surface area (Å²) in [6.07, 6.45) is 2.57. The first-order valence-electron chi connectivity index (χ1n) is 7.42. The summed E-state index contributed by atoms with van der Waals surface area (Å²) in [6, 6.07) is 18.2. The van der Waals surface area contributed by atoms with Crippen LogP contribution in [0.15, 0.2) is 48.5 Å². The lowest BCUT2D eigenvalue weighted by atomic mass is 9.52. The molecule has 0 saturated carbocycles. The fraction of sp³-hybridized carbons (Fsp3) is 0.368. The minimum atomic E-state index is 0.424. The average molecular weight is 248 g/mol. The van der Waals surface area contributed by atoms with E-state index in [9.17, 15) is 0 Å². The van der Waals surface area contributed by atoms with E-state index < -0.39 is 0 Å². The molecule has 2 aromatic rings.